The quantitative estimate of drug-likeness (QED) is 0.313. The Morgan fingerprint density at radius 1 is 0.978 bits per heavy atom. The molecule has 7 nitrogen and oxygen atoms in total. The second kappa shape index (κ2) is 14.6. The van der Waals surface area contributed by atoms with Crippen molar-refractivity contribution in [3.05, 3.63) is 101 Å². The molecule has 0 aliphatic carbocycles. The summed E-state index contributed by atoms with van der Waals surface area (Å²) in [6.45, 7) is 3.70. The van der Waals surface area contributed by atoms with Crippen molar-refractivity contribution in [3.63, 3.8) is 0 Å². The van der Waals surface area contributed by atoms with Crippen molar-refractivity contribution in [1.82, 2.24) is 9.62 Å². The van der Waals surface area contributed by atoms with Gasteiger partial charge in [-0.15, -0.1) is 0 Å². The highest BCUT2D eigenvalue weighted by molar-refractivity contribution is 7.89. The number of hydrogen-bond acceptors (Lipinski definition) is 6. The van der Waals surface area contributed by atoms with Crippen LogP contribution in [0.15, 0.2) is 71.6 Å². The molecule has 4 atom stereocenters. The van der Waals surface area contributed by atoms with Gasteiger partial charge in [0.25, 0.3) is 0 Å². The van der Waals surface area contributed by atoms with Gasteiger partial charge >= 0.3 is 0 Å². The highest BCUT2D eigenvalue weighted by Gasteiger charge is 2.38. The van der Waals surface area contributed by atoms with Gasteiger partial charge in [-0.3, -0.25) is 4.79 Å². The second-order valence-corrected chi connectivity index (χ2v) is 13.9. The van der Waals surface area contributed by atoms with Crippen molar-refractivity contribution in [3.8, 4) is 0 Å². The smallest absolute Gasteiger partial charge is 0.243 e. The molecule has 0 spiro atoms. The summed E-state index contributed by atoms with van der Waals surface area (Å²) in [4.78, 5) is 13.9. The topological polar surface area (TPSA) is 102 Å². The number of benzene rings is 3. The minimum absolute atomic E-state index is 0.0760. The van der Waals surface area contributed by atoms with Crippen LogP contribution in [-0.2, 0) is 32.4 Å². The van der Waals surface area contributed by atoms with Gasteiger partial charge in [0.1, 0.15) is 5.82 Å². The standard InChI is InChI=1S/C34H40F3N3O4S/c1-22-20-39-21-26(40(22)45(42,43)27-7-3-2-4-8-27)11-12-28-24(6-5-9-29(28)35)19-32(41)34(38)33(23-14-16-44-17-15-23)25-10-13-30(36)31(37)18-25/h2-10,13,18,22-23,26,33-34,39H,11-12,14-17,19-21,38H2,1H3/t22-,26+,33-,34-/m1/s1. The van der Waals surface area contributed by atoms with Gasteiger partial charge in [0.15, 0.2) is 17.4 Å². The van der Waals surface area contributed by atoms with Gasteiger partial charge in [0.2, 0.25) is 10.0 Å². The predicted octanol–water partition coefficient (Wildman–Crippen LogP) is 4.74. The van der Waals surface area contributed by atoms with Crippen LogP contribution >= 0.6 is 0 Å². The monoisotopic (exact) mass is 643 g/mol. The first-order valence-electron chi connectivity index (χ1n) is 15.4. The summed E-state index contributed by atoms with van der Waals surface area (Å²) in [7, 11) is -3.80. The lowest BCUT2D eigenvalue weighted by Gasteiger charge is -2.40. The molecule has 5 rings (SSSR count). The van der Waals surface area contributed by atoms with Crippen molar-refractivity contribution in [1.29, 1.82) is 0 Å². The van der Waals surface area contributed by atoms with Gasteiger partial charge in [0, 0.05) is 50.7 Å². The van der Waals surface area contributed by atoms with E-state index in [2.05, 4.69) is 5.32 Å². The van der Waals surface area contributed by atoms with Crippen molar-refractivity contribution < 1.29 is 31.1 Å². The van der Waals surface area contributed by atoms with E-state index in [1.807, 2.05) is 6.92 Å². The van der Waals surface area contributed by atoms with Gasteiger partial charge in [-0.05, 0) is 85.5 Å². The van der Waals surface area contributed by atoms with E-state index in [1.165, 1.54) is 22.5 Å². The number of piperazine rings is 1. The van der Waals surface area contributed by atoms with Gasteiger partial charge in [-0.1, -0.05) is 36.4 Å². The second-order valence-electron chi connectivity index (χ2n) is 12.0. The number of Topliss-reactive ketones (excluding diaryl/α,β-unsaturated/α-hetero) is 1. The molecule has 0 unspecified atom stereocenters. The molecule has 0 aromatic heterocycles. The number of carbonyl (C=O) groups is 1. The number of nitrogens with zero attached hydrogens (tertiary/aromatic N) is 1. The molecule has 2 saturated heterocycles. The molecule has 0 saturated carbocycles. The maximum Gasteiger partial charge on any atom is 0.243 e. The van der Waals surface area contributed by atoms with Crippen LogP contribution in [0.25, 0.3) is 0 Å². The molecule has 3 aromatic rings. The van der Waals surface area contributed by atoms with Crippen molar-refractivity contribution in [2.45, 2.75) is 68.0 Å². The Labute approximate surface area is 263 Å². The Morgan fingerprint density at radius 2 is 1.71 bits per heavy atom. The normalized spacial score (nSPS) is 21.4. The highest BCUT2D eigenvalue weighted by Crippen LogP contribution is 2.36. The molecule has 0 bridgehead atoms. The number of sulfonamides is 1. The van der Waals surface area contributed by atoms with E-state index in [0.29, 0.717) is 62.3 Å². The fourth-order valence-corrected chi connectivity index (χ4v) is 8.67. The molecule has 0 radical (unpaired) electrons. The minimum atomic E-state index is -3.80. The number of halogens is 3. The van der Waals surface area contributed by atoms with E-state index in [1.54, 1.807) is 36.4 Å². The number of hydrogen-bond donors (Lipinski definition) is 2. The van der Waals surface area contributed by atoms with Crippen molar-refractivity contribution in [2.75, 3.05) is 26.3 Å². The van der Waals surface area contributed by atoms with E-state index < -0.39 is 45.5 Å². The summed E-state index contributed by atoms with van der Waals surface area (Å²) in [5.74, 6) is -3.46. The zero-order valence-electron chi connectivity index (χ0n) is 25.3. The van der Waals surface area contributed by atoms with E-state index in [9.17, 15) is 22.0 Å². The first kappa shape index (κ1) is 33.3. The maximum atomic E-state index is 15.3. The molecule has 2 aliphatic heterocycles. The third-order valence-electron chi connectivity index (χ3n) is 9.10. The zero-order chi connectivity index (χ0) is 32.1. The molecule has 2 aliphatic rings. The SMILES string of the molecule is C[C@@H]1CNC[C@H](CCc2c(F)cccc2CC(=O)[C@@H](N)[C@@H](c2ccc(F)c(F)c2)C2CCOCC2)N1S(=O)(=O)c1ccccc1. The summed E-state index contributed by atoms with van der Waals surface area (Å²) < 4.78 is 77.7. The van der Waals surface area contributed by atoms with Crippen LogP contribution in [0.2, 0.25) is 0 Å². The fourth-order valence-electron chi connectivity index (χ4n) is 6.81. The van der Waals surface area contributed by atoms with Gasteiger partial charge in [-0.25, -0.2) is 21.6 Å². The van der Waals surface area contributed by atoms with Crippen molar-refractivity contribution in [2.24, 2.45) is 11.7 Å². The summed E-state index contributed by atoms with van der Waals surface area (Å²) in [5.41, 5.74) is 7.85. The minimum Gasteiger partial charge on any atom is -0.381 e. The Bertz CT molecular complexity index is 1580. The third-order valence-corrected chi connectivity index (χ3v) is 11.2. The number of nitrogens with two attached hydrogens (primary N) is 1. The Balaban J connectivity index is 1.36. The van der Waals surface area contributed by atoms with E-state index in [4.69, 9.17) is 10.5 Å². The first-order chi connectivity index (χ1) is 21.6. The lowest BCUT2D eigenvalue weighted by atomic mass is 9.75. The van der Waals surface area contributed by atoms with Crippen LogP contribution in [0.5, 0.6) is 0 Å². The number of rotatable bonds is 11. The van der Waals surface area contributed by atoms with Crippen LogP contribution in [-0.4, -0.2) is 62.9 Å². The molecular weight excluding hydrogens is 603 g/mol. The number of nitrogens with one attached hydrogen (secondary N) is 1. The average molecular weight is 644 g/mol. The molecule has 2 heterocycles. The molecule has 3 aromatic carbocycles. The van der Waals surface area contributed by atoms with Gasteiger partial charge in [-0.2, -0.15) is 4.31 Å². The zero-order valence-corrected chi connectivity index (χ0v) is 26.1. The first-order valence-corrected chi connectivity index (χ1v) is 16.9. The Kier molecular flexibility index (Phi) is 10.8. The van der Waals surface area contributed by atoms with E-state index in [0.717, 1.165) is 12.1 Å². The molecule has 11 heteroatoms. The molecule has 0 amide bonds. The van der Waals surface area contributed by atoms with Crippen LogP contribution < -0.4 is 11.1 Å². The highest BCUT2D eigenvalue weighted by atomic mass is 32.2. The number of ketones is 1. The molecule has 242 valence electrons. The lowest BCUT2D eigenvalue weighted by Crippen LogP contribution is -2.58. The summed E-state index contributed by atoms with van der Waals surface area (Å²) in [6.07, 6.45) is 1.62. The largest absolute Gasteiger partial charge is 0.381 e. The van der Waals surface area contributed by atoms with E-state index >= 15 is 4.39 Å². The fraction of sp³-hybridized carbons (Fsp3) is 0.441. The number of carbonyl (C=O) groups excluding carboxylic acids is 1. The van der Waals surface area contributed by atoms with Crippen LogP contribution in [0.3, 0.4) is 0 Å². The van der Waals surface area contributed by atoms with Crippen LogP contribution in [0.4, 0.5) is 13.2 Å². The lowest BCUT2D eigenvalue weighted by molar-refractivity contribution is -0.120. The summed E-state index contributed by atoms with van der Waals surface area (Å²) >= 11 is 0. The van der Waals surface area contributed by atoms with E-state index in [-0.39, 0.29) is 35.5 Å². The Morgan fingerprint density at radius 3 is 2.42 bits per heavy atom. The van der Waals surface area contributed by atoms with Gasteiger partial charge in [0.05, 0.1) is 10.9 Å². The average Bonchev–Trinajstić information content (AvgIpc) is 3.03. The van der Waals surface area contributed by atoms with Gasteiger partial charge < -0.3 is 15.8 Å². The predicted molar refractivity (Wildman–Crippen MR) is 166 cm³/mol. The Hall–Kier alpha value is -3.09. The number of ether oxygens (including phenoxy) is 1. The van der Waals surface area contributed by atoms with Crippen LogP contribution in [0, 0.1) is 23.4 Å². The molecule has 2 fully saturated rings. The molecule has 3 N–H and O–H groups in total. The summed E-state index contributed by atoms with van der Waals surface area (Å²) in [6, 6.07) is 14.6. The molecule has 45 heavy (non-hydrogen) atoms. The van der Waals surface area contributed by atoms with Crippen LogP contribution in [0.1, 0.15) is 48.8 Å². The summed E-state index contributed by atoms with van der Waals surface area (Å²) in [5, 5.41) is 3.29. The molecular formula is C34H40F3N3O4S. The van der Waals surface area contributed by atoms with Crippen molar-refractivity contribution >= 4 is 15.8 Å². The third kappa shape index (κ3) is 7.49. The maximum absolute atomic E-state index is 15.3.